The number of aryl methyl sites for hydroxylation is 6. The quantitative estimate of drug-likeness (QED) is 0.0270. The molecule has 0 bridgehead atoms. The fourth-order valence-corrected chi connectivity index (χ4v) is 30.9. The molecule has 0 aliphatic carbocycles. The third-order valence-electron chi connectivity index (χ3n) is 17.7. The molecule has 0 N–H and O–H groups in total. The molecule has 9 aromatic carbocycles. The molecule has 1 aliphatic rings. The van der Waals surface area contributed by atoms with Crippen LogP contribution in [0.3, 0.4) is 0 Å². The molecule has 0 saturated heterocycles. The number of hydrogen-bond donors (Lipinski definition) is 0. The first-order valence-electron chi connectivity index (χ1n) is 29.5. The molecule has 0 unspecified atom stereocenters. The predicted octanol–water partition coefficient (Wildman–Crippen LogP) is 17.0. The van der Waals surface area contributed by atoms with Gasteiger partial charge in [0.2, 0.25) is 0 Å². The molecule has 0 aromatic heterocycles. The van der Waals surface area contributed by atoms with Gasteiger partial charge in [0.15, 0.2) is 87.3 Å². The SMILES string of the molecule is Cc1cc(C)c([PH+](CCC2=C([Si](C)(C)C)[P+](c3ccccc3)(c3ccccc3)[B-]2(c2c(F)c(F)c(F)c(F)c2F)c2c(F)c(F)c(F)c(F)c2F)c2c(C)cc(C)cc2C)c(C)c1.ClCCl.Fc1c(F)c(F)c([BH-](c2c(F)c(F)c(F)c(F)c2F)c2c(F)c(F)c(F)c(F)c2F)c(F)c1F. The molecular weight excluding hydrogens is 1470 g/mol. The van der Waals surface area contributed by atoms with Crippen molar-refractivity contribution in [2.75, 3.05) is 11.5 Å². The normalized spacial score (nSPS) is 13.4. The summed E-state index contributed by atoms with van der Waals surface area (Å²) in [5, 5.41) is 2.61. The number of halogens is 27. The summed E-state index contributed by atoms with van der Waals surface area (Å²) in [6, 6.07) is 23.7. The van der Waals surface area contributed by atoms with E-state index in [1.54, 1.807) is 60.7 Å². The van der Waals surface area contributed by atoms with Crippen molar-refractivity contribution in [1.29, 1.82) is 0 Å². The van der Waals surface area contributed by atoms with Gasteiger partial charge in [0.25, 0.3) is 5.87 Å². The summed E-state index contributed by atoms with van der Waals surface area (Å²) in [7, 11) is -9.40. The van der Waals surface area contributed by atoms with E-state index in [-0.39, 0.29) is 34.0 Å². The number of hydrogen-bond acceptors (Lipinski definition) is 0. The Hall–Kier alpha value is -7.24. The van der Waals surface area contributed by atoms with Crippen molar-refractivity contribution in [3.05, 3.63) is 274 Å². The zero-order chi connectivity index (χ0) is 74.9. The first-order valence-corrected chi connectivity index (χ1v) is 37.6. The average molecular weight is 1520 g/mol. The first kappa shape index (κ1) is 78.5. The lowest BCUT2D eigenvalue weighted by molar-refractivity contribution is 0.380. The highest BCUT2D eigenvalue weighted by Crippen LogP contribution is 2.82. The summed E-state index contributed by atoms with van der Waals surface area (Å²) in [5.41, 5.74) is -5.28. The Balaban J connectivity index is 0.000000289. The van der Waals surface area contributed by atoms with Crippen molar-refractivity contribution in [1.82, 2.24) is 0 Å². The van der Waals surface area contributed by atoms with Crippen LogP contribution in [0.25, 0.3) is 0 Å². The van der Waals surface area contributed by atoms with E-state index < -0.39 is 208 Å². The maximum Gasteiger partial charge on any atom is 0.272 e. The number of alkyl halides is 2. The summed E-state index contributed by atoms with van der Waals surface area (Å²) in [6.45, 7) is 12.3. The molecular formula is C68H49B2Cl2F25P2Si. The van der Waals surface area contributed by atoms with Gasteiger partial charge in [0.05, 0.1) is 36.7 Å². The minimum Gasteiger partial charge on any atom is -0.207 e. The molecule has 32 heteroatoms. The summed E-state index contributed by atoms with van der Waals surface area (Å²) in [4.78, 5) is 0.524. The van der Waals surface area contributed by atoms with Gasteiger partial charge < -0.3 is 0 Å². The minimum absolute atomic E-state index is 0.0611. The Labute approximate surface area is 567 Å². The van der Waals surface area contributed by atoms with Gasteiger partial charge in [-0.05, 0) is 107 Å². The molecule has 530 valence electrons. The lowest BCUT2D eigenvalue weighted by Crippen LogP contribution is -2.76. The number of allylic oxidation sites excluding steroid dienone is 1. The summed E-state index contributed by atoms with van der Waals surface area (Å²) in [6.07, 6.45) is -0.0881. The fraction of sp³-hybridized carbons (Fsp3) is 0.176. The molecule has 10 rings (SSSR count). The van der Waals surface area contributed by atoms with Gasteiger partial charge in [-0.15, -0.1) is 45.1 Å². The Morgan fingerprint density at radius 1 is 0.350 bits per heavy atom. The second kappa shape index (κ2) is 29.6. The minimum atomic E-state index is -5.16. The van der Waals surface area contributed by atoms with Crippen molar-refractivity contribution in [2.45, 2.75) is 67.6 Å². The van der Waals surface area contributed by atoms with Gasteiger partial charge in [-0.2, -0.15) is 0 Å². The molecule has 0 saturated carbocycles. The van der Waals surface area contributed by atoms with E-state index in [1.807, 2.05) is 85.4 Å². The first-order chi connectivity index (χ1) is 46.6. The van der Waals surface area contributed by atoms with Crippen molar-refractivity contribution in [3.63, 3.8) is 0 Å². The standard InChI is InChI=1S/C49H45BF10P2Si.C18HBF15.CH2Cl2/c1-26-22-28(3)47(29(4)23-26)61(48-30(5)24-27(2)25-31(48)6)21-20-34-49(63(7,8)9)62(32-16-12-10-13-17-32,33-18-14-11-15-19-33)50(34,35-37(51)41(55)45(59)42(56)38(35)52)36-39(53)43(57)46(60)44(58)40(36)54;20-4-1(5(21)11(27)16(32)10(4)26)19(2-6(22)12(28)17(33)13(29)7(2)23)3-8(24)14(30)18(34)15(31)9(3)25;2-1-3/h10-19,22-25H,20-21H2,1-9H3;19H;1H2/q;-1;/p+1. The predicted molar refractivity (Wildman–Crippen MR) is 347 cm³/mol. The molecule has 0 amide bonds. The number of benzene rings is 9. The molecule has 1 aliphatic heterocycles. The zero-order valence-electron chi connectivity index (χ0n) is 53.1. The second-order valence-corrected chi connectivity index (χ2v) is 37.0. The maximum atomic E-state index is 17.3. The lowest BCUT2D eigenvalue weighted by atomic mass is 9.32. The molecule has 100 heavy (non-hydrogen) atoms. The Kier molecular flexibility index (Phi) is 23.2. The molecule has 0 fully saturated rings. The van der Waals surface area contributed by atoms with Crippen LogP contribution in [-0.2, 0) is 0 Å². The molecule has 9 aromatic rings. The Morgan fingerprint density at radius 2 is 0.570 bits per heavy atom. The van der Waals surface area contributed by atoms with E-state index in [1.165, 1.54) is 0 Å². The molecule has 0 radical (unpaired) electrons. The summed E-state index contributed by atoms with van der Waals surface area (Å²) < 4.78 is 373. The third-order valence-corrected chi connectivity index (χ3v) is 31.2. The van der Waals surface area contributed by atoms with Gasteiger partial charge in [-0.25, -0.2) is 110 Å². The van der Waals surface area contributed by atoms with Crippen LogP contribution in [-0.4, -0.2) is 32.2 Å². The van der Waals surface area contributed by atoms with Gasteiger partial charge in [0, 0.05) is 0 Å². The highest BCUT2D eigenvalue weighted by molar-refractivity contribution is 8.27. The van der Waals surface area contributed by atoms with Crippen LogP contribution in [0, 0.1) is 187 Å². The topological polar surface area (TPSA) is 0 Å². The van der Waals surface area contributed by atoms with Crippen LogP contribution in [0.4, 0.5) is 110 Å². The highest BCUT2D eigenvalue weighted by atomic mass is 35.5. The van der Waals surface area contributed by atoms with Crippen LogP contribution in [0.2, 0.25) is 19.6 Å². The highest BCUT2D eigenvalue weighted by Gasteiger charge is 2.74. The van der Waals surface area contributed by atoms with E-state index in [0.717, 1.165) is 44.0 Å². The second-order valence-electron chi connectivity index (χ2n) is 24.6. The Morgan fingerprint density at radius 3 is 0.800 bits per heavy atom. The Bertz CT molecular complexity index is 4300. The lowest BCUT2D eigenvalue weighted by Gasteiger charge is -2.65. The van der Waals surface area contributed by atoms with E-state index >= 15 is 43.9 Å². The van der Waals surface area contributed by atoms with Crippen molar-refractivity contribution >= 4 is 107 Å². The van der Waals surface area contributed by atoms with Crippen LogP contribution in [0.5, 0.6) is 0 Å². The molecule has 0 spiro atoms. The molecule has 0 atom stereocenters. The maximum absolute atomic E-state index is 17.3. The average Bonchev–Trinajstić information content (AvgIpc) is 0.634. The summed E-state index contributed by atoms with van der Waals surface area (Å²) in [5.74, 6) is -73.5. The van der Waals surface area contributed by atoms with Crippen molar-refractivity contribution < 1.29 is 110 Å². The molecule has 1 heterocycles. The smallest absolute Gasteiger partial charge is 0.207 e. The largest absolute Gasteiger partial charge is 0.272 e. The van der Waals surface area contributed by atoms with E-state index in [4.69, 9.17) is 23.2 Å². The zero-order valence-corrected chi connectivity index (χ0v) is 57.5. The summed E-state index contributed by atoms with van der Waals surface area (Å²) >= 11 is 9.53. The van der Waals surface area contributed by atoms with E-state index in [9.17, 15) is 65.9 Å². The molecule has 0 nitrogen and oxygen atoms in total. The van der Waals surface area contributed by atoms with Crippen LogP contribution in [0.1, 0.15) is 39.8 Å². The fourth-order valence-electron chi connectivity index (χ4n) is 14.5. The third kappa shape index (κ3) is 12.6. The van der Waals surface area contributed by atoms with Crippen LogP contribution < -0.4 is 48.5 Å². The van der Waals surface area contributed by atoms with Gasteiger partial charge in [-0.3, -0.25) is 0 Å². The van der Waals surface area contributed by atoms with E-state index in [0.29, 0.717) is 4.94 Å². The number of rotatable bonds is 13. The van der Waals surface area contributed by atoms with Crippen LogP contribution >= 0.6 is 38.3 Å². The van der Waals surface area contributed by atoms with Crippen molar-refractivity contribution in [3.8, 4) is 0 Å². The van der Waals surface area contributed by atoms with E-state index in [2.05, 4.69) is 0 Å². The van der Waals surface area contributed by atoms with Gasteiger partial charge in [0.1, 0.15) is 76.9 Å². The van der Waals surface area contributed by atoms with Crippen LogP contribution in [0.15, 0.2) is 95.3 Å². The monoisotopic (exact) mass is 1520 g/mol. The van der Waals surface area contributed by atoms with Crippen molar-refractivity contribution in [2.24, 2.45) is 0 Å². The van der Waals surface area contributed by atoms with Gasteiger partial charge in [-0.1, -0.05) is 102 Å². The van der Waals surface area contributed by atoms with Gasteiger partial charge >= 0.3 is 0 Å².